The highest BCUT2D eigenvalue weighted by Gasteiger charge is 2.34. The number of rotatable bonds is 2. The summed E-state index contributed by atoms with van der Waals surface area (Å²) in [6.07, 6.45) is 1.30. The topological polar surface area (TPSA) is 70.1 Å². The summed E-state index contributed by atoms with van der Waals surface area (Å²) < 4.78 is 29.2. The molecule has 134 valence electrons. The lowest BCUT2D eigenvalue weighted by Gasteiger charge is -2.23. The third-order valence-electron chi connectivity index (χ3n) is 4.63. The standard InChI is InChI=1S/C18H23N3O3S/c1-3-16(22)20-10-7-11-21(13-12-20)18-14(2)17(25(23,24)19-18)15-8-5-4-6-9-15/h4-6,8-9H,3,7,10-13H2,1-2H3. The fourth-order valence-electron chi connectivity index (χ4n) is 3.38. The third kappa shape index (κ3) is 3.46. The first-order valence-corrected chi connectivity index (χ1v) is 10.0. The second-order valence-electron chi connectivity index (χ2n) is 6.29. The molecular formula is C18H23N3O3S. The fourth-order valence-corrected chi connectivity index (χ4v) is 4.86. The quantitative estimate of drug-likeness (QED) is 0.809. The largest absolute Gasteiger partial charge is 0.354 e. The summed E-state index contributed by atoms with van der Waals surface area (Å²) in [7, 11) is -3.69. The molecule has 6 nitrogen and oxygen atoms in total. The Kier molecular flexibility index (Phi) is 4.94. The Hall–Kier alpha value is -2.15. The van der Waals surface area contributed by atoms with E-state index in [1.54, 1.807) is 12.1 Å². The van der Waals surface area contributed by atoms with Crippen molar-refractivity contribution in [3.63, 3.8) is 0 Å². The Morgan fingerprint density at radius 3 is 2.52 bits per heavy atom. The molecule has 2 aliphatic heterocycles. The van der Waals surface area contributed by atoms with Gasteiger partial charge in [-0.25, -0.2) is 0 Å². The van der Waals surface area contributed by atoms with Crippen molar-refractivity contribution >= 4 is 26.7 Å². The summed E-state index contributed by atoms with van der Waals surface area (Å²) >= 11 is 0. The zero-order valence-electron chi connectivity index (χ0n) is 14.6. The summed E-state index contributed by atoms with van der Waals surface area (Å²) in [6, 6.07) is 9.08. The lowest BCUT2D eigenvalue weighted by Crippen LogP contribution is -2.37. The van der Waals surface area contributed by atoms with Crippen molar-refractivity contribution in [3.8, 4) is 0 Å². The molecular weight excluding hydrogens is 338 g/mol. The molecule has 1 saturated heterocycles. The van der Waals surface area contributed by atoms with E-state index in [1.165, 1.54) is 0 Å². The van der Waals surface area contributed by atoms with E-state index < -0.39 is 10.0 Å². The van der Waals surface area contributed by atoms with Crippen molar-refractivity contribution in [3.05, 3.63) is 41.5 Å². The Bertz CT molecular complexity index is 828. The maximum Gasteiger partial charge on any atom is 0.285 e. The van der Waals surface area contributed by atoms with Gasteiger partial charge in [0, 0.05) is 38.2 Å². The SMILES string of the molecule is CCC(=O)N1CCCN(C2=NS(=O)(=O)C(c3ccccc3)=C2C)CC1. The summed E-state index contributed by atoms with van der Waals surface area (Å²) in [4.78, 5) is 16.1. The average Bonchev–Trinajstić information content (AvgIpc) is 2.76. The zero-order chi connectivity index (χ0) is 18.0. The van der Waals surface area contributed by atoms with E-state index >= 15 is 0 Å². The summed E-state index contributed by atoms with van der Waals surface area (Å²) in [5.41, 5.74) is 1.35. The maximum atomic E-state index is 12.6. The van der Waals surface area contributed by atoms with Crippen LogP contribution in [0.3, 0.4) is 0 Å². The summed E-state index contributed by atoms with van der Waals surface area (Å²) in [5, 5.41) is 0. The number of amidine groups is 1. The summed E-state index contributed by atoms with van der Waals surface area (Å²) in [6.45, 7) is 6.27. The smallest absolute Gasteiger partial charge is 0.285 e. The monoisotopic (exact) mass is 361 g/mol. The van der Waals surface area contributed by atoms with Gasteiger partial charge >= 0.3 is 0 Å². The van der Waals surface area contributed by atoms with Crippen LogP contribution in [-0.2, 0) is 14.8 Å². The summed E-state index contributed by atoms with van der Waals surface area (Å²) in [5.74, 6) is 0.657. The molecule has 0 spiro atoms. The van der Waals surface area contributed by atoms with E-state index in [0.29, 0.717) is 49.6 Å². The van der Waals surface area contributed by atoms with Crippen molar-refractivity contribution in [2.45, 2.75) is 26.7 Å². The first-order valence-electron chi connectivity index (χ1n) is 8.58. The van der Waals surface area contributed by atoms with Crippen LogP contribution in [0.15, 0.2) is 40.3 Å². The lowest BCUT2D eigenvalue weighted by atomic mass is 10.1. The predicted octanol–water partition coefficient (Wildman–Crippen LogP) is 2.10. The van der Waals surface area contributed by atoms with Crippen molar-refractivity contribution < 1.29 is 13.2 Å². The Labute approximate surface area is 148 Å². The Morgan fingerprint density at radius 2 is 1.84 bits per heavy atom. The van der Waals surface area contributed by atoms with Gasteiger partial charge in [0.1, 0.15) is 10.7 Å². The van der Waals surface area contributed by atoms with Crippen LogP contribution in [0.4, 0.5) is 0 Å². The maximum absolute atomic E-state index is 12.6. The fraction of sp³-hybridized carbons (Fsp3) is 0.444. The van der Waals surface area contributed by atoms with Gasteiger partial charge in [-0.1, -0.05) is 37.3 Å². The van der Waals surface area contributed by atoms with Crippen LogP contribution >= 0.6 is 0 Å². The van der Waals surface area contributed by atoms with E-state index in [0.717, 1.165) is 6.42 Å². The number of amides is 1. The number of hydrogen-bond acceptors (Lipinski definition) is 4. The van der Waals surface area contributed by atoms with E-state index in [1.807, 2.05) is 41.8 Å². The molecule has 0 aliphatic carbocycles. The normalized spacial score (nSPS) is 20.5. The van der Waals surface area contributed by atoms with Gasteiger partial charge in [-0.05, 0) is 18.9 Å². The van der Waals surface area contributed by atoms with Crippen LogP contribution in [0, 0.1) is 0 Å². The first kappa shape index (κ1) is 17.7. The number of carbonyl (C=O) groups excluding carboxylic acids is 1. The van der Waals surface area contributed by atoms with E-state index in [2.05, 4.69) is 4.40 Å². The molecule has 0 N–H and O–H groups in total. The van der Waals surface area contributed by atoms with Gasteiger partial charge in [-0.3, -0.25) is 4.79 Å². The molecule has 1 amide bonds. The Balaban J connectivity index is 1.88. The number of nitrogens with zero attached hydrogens (tertiary/aromatic N) is 3. The molecule has 0 unspecified atom stereocenters. The lowest BCUT2D eigenvalue weighted by molar-refractivity contribution is -0.130. The van der Waals surface area contributed by atoms with Gasteiger partial charge in [0.2, 0.25) is 5.91 Å². The molecule has 3 rings (SSSR count). The van der Waals surface area contributed by atoms with Gasteiger partial charge < -0.3 is 9.80 Å². The van der Waals surface area contributed by atoms with Crippen molar-refractivity contribution in [1.29, 1.82) is 0 Å². The predicted molar refractivity (Wildman–Crippen MR) is 98.5 cm³/mol. The van der Waals surface area contributed by atoms with Crippen molar-refractivity contribution in [2.75, 3.05) is 26.2 Å². The van der Waals surface area contributed by atoms with E-state index in [-0.39, 0.29) is 10.8 Å². The second kappa shape index (κ2) is 7.00. The molecule has 0 bridgehead atoms. The van der Waals surface area contributed by atoms with Gasteiger partial charge in [0.25, 0.3) is 10.0 Å². The number of carbonyl (C=O) groups is 1. The molecule has 0 atom stereocenters. The highest BCUT2D eigenvalue weighted by atomic mass is 32.2. The highest BCUT2D eigenvalue weighted by Crippen LogP contribution is 2.33. The minimum Gasteiger partial charge on any atom is -0.354 e. The van der Waals surface area contributed by atoms with Crippen LogP contribution in [0.2, 0.25) is 0 Å². The Morgan fingerprint density at radius 1 is 1.12 bits per heavy atom. The van der Waals surface area contributed by atoms with Crippen LogP contribution < -0.4 is 0 Å². The highest BCUT2D eigenvalue weighted by molar-refractivity contribution is 8.00. The number of hydrogen-bond donors (Lipinski definition) is 0. The van der Waals surface area contributed by atoms with Crippen LogP contribution in [0.25, 0.3) is 4.91 Å². The molecule has 7 heteroatoms. The van der Waals surface area contributed by atoms with Crippen molar-refractivity contribution in [1.82, 2.24) is 9.80 Å². The van der Waals surface area contributed by atoms with Gasteiger partial charge in [0.15, 0.2) is 0 Å². The molecule has 2 heterocycles. The molecule has 0 saturated carbocycles. The molecule has 2 aliphatic rings. The molecule has 1 aromatic carbocycles. The first-order chi connectivity index (χ1) is 11.9. The molecule has 25 heavy (non-hydrogen) atoms. The van der Waals surface area contributed by atoms with Crippen LogP contribution in [-0.4, -0.2) is 56.1 Å². The van der Waals surface area contributed by atoms with E-state index in [4.69, 9.17) is 0 Å². The third-order valence-corrected chi connectivity index (χ3v) is 6.10. The minimum atomic E-state index is -3.69. The van der Waals surface area contributed by atoms with Crippen LogP contribution in [0.5, 0.6) is 0 Å². The van der Waals surface area contributed by atoms with Gasteiger partial charge in [-0.15, -0.1) is 4.40 Å². The minimum absolute atomic E-state index is 0.139. The molecule has 1 fully saturated rings. The van der Waals surface area contributed by atoms with Crippen LogP contribution in [0.1, 0.15) is 32.3 Å². The molecule has 0 radical (unpaired) electrons. The average molecular weight is 361 g/mol. The van der Waals surface area contributed by atoms with Gasteiger partial charge in [-0.2, -0.15) is 8.42 Å². The molecule has 1 aromatic rings. The molecule has 0 aromatic heterocycles. The van der Waals surface area contributed by atoms with Crippen molar-refractivity contribution in [2.24, 2.45) is 4.40 Å². The second-order valence-corrected chi connectivity index (χ2v) is 7.83. The van der Waals surface area contributed by atoms with Gasteiger partial charge in [0.05, 0.1) is 0 Å². The number of benzene rings is 1. The van der Waals surface area contributed by atoms with E-state index in [9.17, 15) is 13.2 Å². The number of sulfonamides is 1. The zero-order valence-corrected chi connectivity index (χ0v) is 15.4.